The first-order valence-corrected chi connectivity index (χ1v) is 13.4. The van der Waals surface area contributed by atoms with E-state index >= 15 is 0 Å². The third-order valence-corrected chi connectivity index (χ3v) is 7.56. The molecule has 7 nitrogen and oxygen atoms in total. The van der Waals surface area contributed by atoms with Crippen molar-refractivity contribution in [3.05, 3.63) is 88.7 Å². The average Bonchev–Trinajstić information content (AvgIpc) is 3.30. The highest BCUT2D eigenvalue weighted by atomic mass is 16.3. The number of aliphatic hydroxyl groups excluding tert-OH is 1. The molecule has 1 aliphatic carbocycles. The largest absolute Gasteiger partial charge is 0.390 e. The van der Waals surface area contributed by atoms with E-state index in [1.165, 1.54) is 24.1 Å². The van der Waals surface area contributed by atoms with E-state index in [0.29, 0.717) is 19.4 Å². The molecule has 0 bridgehead atoms. The zero-order valence-electron chi connectivity index (χ0n) is 23.1. The molecule has 0 saturated carbocycles. The molecule has 7 heteroatoms. The van der Waals surface area contributed by atoms with Gasteiger partial charge in [0.05, 0.1) is 17.8 Å². The van der Waals surface area contributed by atoms with Crippen LogP contribution >= 0.6 is 0 Å². The lowest BCUT2D eigenvalue weighted by Gasteiger charge is -2.40. The van der Waals surface area contributed by atoms with Crippen molar-refractivity contribution in [2.24, 2.45) is 0 Å². The number of nitrogens with zero attached hydrogens (tertiary/aromatic N) is 2. The van der Waals surface area contributed by atoms with E-state index in [2.05, 4.69) is 60.8 Å². The number of rotatable bonds is 8. The van der Waals surface area contributed by atoms with E-state index < -0.39 is 17.7 Å². The predicted molar refractivity (Wildman–Crippen MR) is 149 cm³/mol. The summed E-state index contributed by atoms with van der Waals surface area (Å²) < 4.78 is 1.42. The van der Waals surface area contributed by atoms with E-state index in [1.807, 2.05) is 36.5 Å². The van der Waals surface area contributed by atoms with Crippen LogP contribution in [0.1, 0.15) is 73.8 Å². The molecule has 3 N–H and O–H groups in total. The Balaban J connectivity index is 1.64. The van der Waals surface area contributed by atoms with Crippen LogP contribution in [0, 0.1) is 0 Å². The van der Waals surface area contributed by atoms with E-state index in [1.54, 1.807) is 0 Å². The van der Waals surface area contributed by atoms with Crippen molar-refractivity contribution in [1.82, 2.24) is 20.4 Å². The van der Waals surface area contributed by atoms with Crippen LogP contribution < -0.4 is 10.6 Å². The minimum absolute atomic E-state index is 0.0117. The van der Waals surface area contributed by atoms with Gasteiger partial charge >= 0.3 is 0 Å². The lowest BCUT2D eigenvalue weighted by atomic mass is 9.74. The smallest absolute Gasteiger partial charge is 0.243 e. The Morgan fingerprint density at radius 3 is 2.50 bits per heavy atom. The quantitative estimate of drug-likeness (QED) is 0.422. The Hall–Kier alpha value is -3.29. The summed E-state index contributed by atoms with van der Waals surface area (Å²) in [5.41, 5.74) is 4.97. The van der Waals surface area contributed by atoms with Crippen LogP contribution in [0.4, 0.5) is 0 Å². The number of hydrogen-bond donors (Lipinski definition) is 3. The highest BCUT2D eigenvalue weighted by molar-refractivity contribution is 5.75. The maximum absolute atomic E-state index is 12.0. The van der Waals surface area contributed by atoms with Gasteiger partial charge in [0.25, 0.3) is 0 Å². The summed E-state index contributed by atoms with van der Waals surface area (Å²) in [6.45, 7) is 9.90. The second kappa shape index (κ2) is 11.2. The second-order valence-electron chi connectivity index (χ2n) is 11.6. The van der Waals surface area contributed by atoms with Gasteiger partial charge in [-0.2, -0.15) is 5.10 Å². The summed E-state index contributed by atoms with van der Waals surface area (Å²) in [7, 11) is 0. The molecule has 38 heavy (non-hydrogen) atoms. The standard InChI is InChI=1S/C31H40N4O3/c1-21(36)33-28(16-23-10-7-6-8-11-23)29(38)19-32-31(26-13-9-12-25(17-26)30(3,4)5)15-14-27-24(18-31)20-35(34-27)22(2)37/h6-13,17,20,28-29,32,38H,14-16,18-19H2,1-5H3,(H,33,36). The van der Waals surface area contributed by atoms with Gasteiger partial charge in [-0.25, -0.2) is 4.68 Å². The molecule has 1 amide bonds. The van der Waals surface area contributed by atoms with Crippen molar-refractivity contribution >= 4 is 11.8 Å². The first kappa shape index (κ1) is 27.7. The summed E-state index contributed by atoms with van der Waals surface area (Å²) in [4.78, 5) is 24.0. The van der Waals surface area contributed by atoms with Gasteiger partial charge in [-0.05, 0) is 53.4 Å². The second-order valence-corrected chi connectivity index (χ2v) is 11.6. The minimum atomic E-state index is -0.803. The summed E-state index contributed by atoms with van der Waals surface area (Å²) in [5.74, 6) is -0.279. The number of carbonyl (C=O) groups excluding carboxylic acids is 2. The van der Waals surface area contributed by atoms with Crippen LogP contribution in [0.3, 0.4) is 0 Å². The minimum Gasteiger partial charge on any atom is -0.390 e. The van der Waals surface area contributed by atoms with E-state index in [9.17, 15) is 14.7 Å². The van der Waals surface area contributed by atoms with Crippen LogP contribution in [0.5, 0.6) is 0 Å². The third kappa shape index (κ3) is 6.40. The molecule has 0 radical (unpaired) electrons. The third-order valence-electron chi connectivity index (χ3n) is 7.56. The summed E-state index contributed by atoms with van der Waals surface area (Å²) in [5, 5.41) is 22.5. The number of aryl methyl sites for hydroxylation is 1. The molecule has 0 spiro atoms. The summed E-state index contributed by atoms with van der Waals surface area (Å²) in [6, 6.07) is 18.1. The molecular formula is C31H40N4O3. The Kier molecular flexibility index (Phi) is 8.19. The fourth-order valence-corrected chi connectivity index (χ4v) is 5.35. The molecule has 0 aliphatic heterocycles. The molecule has 1 heterocycles. The van der Waals surface area contributed by atoms with Gasteiger partial charge in [0, 0.05) is 32.1 Å². The first-order valence-electron chi connectivity index (χ1n) is 13.4. The maximum atomic E-state index is 12.0. The zero-order chi connectivity index (χ0) is 27.5. The molecule has 0 saturated heterocycles. The van der Waals surface area contributed by atoms with Crippen LogP contribution in [0.2, 0.25) is 0 Å². The number of aromatic nitrogens is 2. The van der Waals surface area contributed by atoms with E-state index in [0.717, 1.165) is 35.2 Å². The van der Waals surface area contributed by atoms with E-state index in [4.69, 9.17) is 0 Å². The SMILES string of the molecule is CC(=O)NC(Cc1ccccc1)C(O)CNC1(c2cccc(C(C)(C)C)c2)CCc2nn(C(C)=O)cc2C1. The number of aliphatic hydroxyl groups is 1. The number of hydrogen-bond acceptors (Lipinski definition) is 5. The molecule has 1 aliphatic rings. The van der Waals surface area contributed by atoms with Gasteiger partial charge < -0.3 is 15.7 Å². The van der Waals surface area contributed by atoms with E-state index in [-0.39, 0.29) is 17.2 Å². The fraction of sp³-hybridized carbons (Fsp3) is 0.452. The van der Waals surface area contributed by atoms with Crippen molar-refractivity contribution in [3.63, 3.8) is 0 Å². The molecule has 202 valence electrons. The van der Waals surface area contributed by atoms with Crippen molar-refractivity contribution in [3.8, 4) is 0 Å². The van der Waals surface area contributed by atoms with Crippen LogP contribution in [0.25, 0.3) is 0 Å². The fourth-order valence-electron chi connectivity index (χ4n) is 5.35. The number of benzene rings is 2. The molecule has 3 aromatic rings. The molecule has 0 fully saturated rings. The topological polar surface area (TPSA) is 96.2 Å². The number of fused-ring (bicyclic) bond motifs is 1. The monoisotopic (exact) mass is 516 g/mol. The molecule has 2 aromatic carbocycles. The first-order chi connectivity index (χ1) is 18.0. The Labute approximate surface area is 225 Å². The van der Waals surface area contributed by atoms with Crippen LogP contribution in [0.15, 0.2) is 60.8 Å². The number of nitrogens with one attached hydrogen (secondary N) is 2. The van der Waals surface area contributed by atoms with Gasteiger partial charge in [-0.15, -0.1) is 0 Å². The van der Waals surface area contributed by atoms with Gasteiger partial charge in [-0.3, -0.25) is 9.59 Å². The Morgan fingerprint density at radius 2 is 1.84 bits per heavy atom. The van der Waals surface area contributed by atoms with Crippen molar-refractivity contribution < 1.29 is 14.7 Å². The van der Waals surface area contributed by atoms with Crippen molar-refractivity contribution in [2.45, 2.75) is 83.4 Å². The number of amides is 1. The van der Waals surface area contributed by atoms with Crippen LogP contribution in [-0.2, 0) is 35.0 Å². The highest BCUT2D eigenvalue weighted by Crippen LogP contribution is 2.38. The van der Waals surface area contributed by atoms with Gasteiger partial charge in [0.1, 0.15) is 0 Å². The van der Waals surface area contributed by atoms with Crippen LogP contribution in [-0.4, -0.2) is 45.4 Å². The van der Waals surface area contributed by atoms with Crippen molar-refractivity contribution in [1.29, 1.82) is 0 Å². The molecule has 3 unspecified atom stereocenters. The van der Waals surface area contributed by atoms with Crippen molar-refractivity contribution in [2.75, 3.05) is 6.54 Å². The predicted octanol–water partition coefficient (Wildman–Crippen LogP) is 3.92. The highest BCUT2D eigenvalue weighted by Gasteiger charge is 2.39. The summed E-state index contributed by atoms with van der Waals surface area (Å²) >= 11 is 0. The molecule has 4 rings (SSSR count). The van der Waals surface area contributed by atoms with Gasteiger partial charge in [-0.1, -0.05) is 75.4 Å². The van der Waals surface area contributed by atoms with Gasteiger partial charge in [0.2, 0.25) is 11.8 Å². The molecule has 3 atom stereocenters. The molecular weight excluding hydrogens is 476 g/mol. The van der Waals surface area contributed by atoms with Gasteiger partial charge in [0.15, 0.2) is 0 Å². The Morgan fingerprint density at radius 1 is 1.11 bits per heavy atom. The summed E-state index contributed by atoms with van der Waals surface area (Å²) in [6.07, 6.45) is 3.72. The lowest BCUT2D eigenvalue weighted by Crippen LogP contribution is -2.54. The molecule has 1 aromatic heterocycles. The number of carbonyl (C=O) groups is 2. The average molecular weight is 517 g/mol. The lowest BCUT2D eigenvalue weighted by molar-refractivity contribution is -0.120. The normalized spacial score (nSPS) is 18.9. The maximum Gasteiger partial charge on any atom is 0.243 e. The zero-order valence-corrected chi connectivity index (χ0v) is 23.1. The Bertz CT molecular complexity index is 1280.